The smallest absolute Gasteiger partial charge is 0.256 e. The Kier molecular flexibility index (Phi) is 5.42. The van der Waals surface area contributed by atoms with E-state index in [0.717, 1.165) is 23.7 Å². The monoisotopic (exact) mass is 445 g/mol. The van der Waals surface area contributed by atoms with Crippen LogP contribution in [0.15, 0.2) is 67.0 Å². The number of amides is 2. The molecule has 2 aromatic carbocycles. The van der Waals surface area contributed by atoms with Gasteiger partial charge in [0.2, 0.25) is 0 Å². The van der Waals surface area contributed by atoms with Gasteiger partial charge in [-0.3, -0.25) is 9.59 Å². The van der Waals surface area contributed by atoms with Crippen molar-refractivity contribution in [2.75, 3.05) is 18.4 Å². The molecular weight excluding hydrogens is 421 g/mol. The summed E-state index contributed by atoms with van der Waals surface area (Å²) in [5, 5.41) is 8.18. The third-order valence-corrected chi connectivity index (χ3v) is 6.22. The first-order chi connectivity index (χ1) is 16.0. The Morgan fingerprint density at radius 3 is 2.64 bits per heavy atom. The number of nitrogens with one attached hydrogen (secondary N) is 1. The van der Waals surface area contributed by atoms with Crippen molar-refractivity contribution in [3.63, 3.8) is 0 Å². The van der Waals surface area contributed by atoms with E-state index in [0.29, 0.717) is 24.5 Å². The zero-order valence-corrected chi connectivity index (χ0v) is 18.2. The Balaban J connectivity index is 1.27. The first-order valence-electron chi connectivity index (χ1n) is 10.9. The van der Waals surface area contributed by atoms with Crippen LogP contribution in [0.2, 0.25) is 0 Å². The molecule has 2 amide bonds. The van der Waals surface area contributed by atoms with Crippen LogP contribution in [0.4, 0.5) is 10.2 Å². The van der Waals surface area contributed by atoms with Crippen LogP contribution in [0.3, 0.4) is 0 Å². The lowest BCUT2D eigenvalue weighted by Gasteiger charge is -2.32. The molecule has 3 heterocycles. The summed E-state index contributed by atoms with van der Waals surface area (Å²) in [5.74, 6) is -0.257. The Labute approximate surface area is 190 Å². The fraction of sp³-hybridized carbons (Fsp3) is 0.240. The van der Waals surface area contributed by atoms with Crippen LogP contribution in [0.5, 0.6) is 0 Å². The maximum Gasteiger partial charge on any atom is 0.256 e. The molecule has 0 bridgehead atoms. The van der Waals surface area contributed by atoms with Gasteiger partial charge in [0, 0.05) is 48.9 Å². The lowest BCUT2D eigenvalue weighted by molar-refractivity contribution is 0.0692. The third kappa shape index (κ3) is 4.00. The van der Waals surface area contributed by atoms with Crippen LogP contribution in [-0.4, -0.2) is 44.2 Å². The molecule has 0 aliphatic carbocycles. The van der Waals surface area contributed by atoms with Crippen molar-refractivity contribution in [2.24, 2.45) is 7.05 Å². The molecule has 7 nitrogen and oxygen atoms in total. The summed E-state index contributed by atoms with van der Waals surface area (Å²) >= 11 is 0. The average Bonchev–Trinajstić information content (AvgIpc) is 3.43. The van der Waals surface area contributed by atoms with Crippen LogP contribution in [-0.2, 0) is 7.05 Å². The summed E-state index contributed by atoms with van der Waals surface area (Å²) in [7, 11) is 1.95. The standard InChI is InChI=1S/C25H24FN5O2/c1-29-16-21(20-7-2-3-8-22(20)29)25(33)30-13-10-19(11-14-30)31-23(9-12-27-31)28-24(32)17-5-4-6-18(26)15-17/h2-9,12,15-16,19H,10-11,13-14H2,1H3,(H,28,32). The van der Waals surface area contributed by atoms with Crippen LogP contribution in [0, 0.1) is 5.82 Å². The van der Waals surface area contributed by atoms with Crippen molar-refractivity contribution in [1.82, 2.24) is 19.2 Å². The average molecular weight is 445 g/mol. The molecule has 8 heteroatoms. The minimum atomic E-state index is -0.459. The number of halogens is 1. The molecule has 0 spiro atoms. The van der Waals surface area contributed by atoms with Gasteiger partial charge in [0.1, 0.15) is 11.6 Å². The number of nitrogens with zero attached hydrogens (tertiary/aromatic N) is 4. The predicted molar refractivity (Wildman–Crippen MR) is 124 cm³/mol. The number of fused-ring (bicyclic) bond motifs is 1. The summed E-state index contributed by atoms with van der Waals surface area (Å²) in [5.41, 5.74) is 2.00. The van der Waals surface area contributed by atoms with Crippen molar-refractivity contribution in [1.29, 1.82) is 0 Å². The SMILES string of the molecule is Cn1cc(C(=O)N2CCC(n3nccc3NC(=O)c3cccc(F)c3)CC2)c2ccccc21. The van der Waals surface area contributed by atoms with Gasteiger partial charge in [-0.2, -0.15) is 5.10 Å². The van der Waals surface area contributed by atoms with Crippen molar-refractivity contribution < 1.29 is 14.0 Å². The van der Waals surface area contributed by atoms with E-state index in [2.05, 4.69) is 10.4 Å². The second-order valence-electron chi connectivity index (χ2n) is 8.32. The fourth-order valence-electron chi connectivity index (χ4n) is 4.52. The Morgan fingerprint density at radius 1 is 1.06 bits per heavy atom. The van der Waals surface area contributed by atoms with E-state index in [1.165, 1.54) is 18.2 Å². The van der Waals surface area contributed by atoms with Gasteiger partial charge in [0.05, 0.1) is 17.8 Å². The van der Waals surface area contributed by atoms with Gasteiger partial charge in [-0.25, -0.2) is 9.07 Å². The zero-order chi connectivity index (χ0) is 22.9. The third-order valence-electron chi connectivity index (χ3n) is 6.22. The summed E-state index contributed by atoms with van der Waals surface area (Å²) in [4.78, 5) is 27.6. The predicted octanol–water partition coefficient (Wildman–Crippen LogP) is 4.24. The van der Waals surface area contributed by atoms with E-state index in [4.69, 9.17) is 0 Å². The minimum absolute atomic E-state index is 0.0327. The highest BCUT2D eigenvalue weighted by molar-refractivity contribution is 6.07. The highest BCUT2D eigenvalue weighted by atomic mass is 19.1. The van der Waals surface area contributed by atoms with Gasteiger partial charge in [-0.1, -0.05) is 24.3 Å². The number of aryl methyl sites for hydroxylation is 1. The molecule has 0 radical (unpaired) electrons. The minimum Gasteiger partial charge on any atom is -0.350 e. The van der Waals surface area contributed by atoms with Crippen molar-refractivity contribution >= 4 is 28.5 Å². The molecule has 1 N–H and O–H groups in total. The maximum atomic E-state index is 13.5. The Bertz CT molecular complexity index is 1330. The van der Waals surface area contributed by atoms with Crippen LogP contribution in [0.1, 0.15) is 39.6 Å². The molecule has 0 atom stereocenters. The largest absolute Gasteiger partial charge is 0.350 e. The van der Waals surface area contributed by atoms with Gasteiger partial charge < -0.3 is 14.8 Å². The number of benzene rings is 2. The van der Waals surface area contributed by atoms with Crippen LogP contribution >= 0.6 is 0 Å². The van der Waals surface area contributed by atoms with E-state index >= 15 is 0 Å². The second-order valence-corrected chi connectivity index (χ2v) is 8.32. The summed E-state index contributed by atoms with van der Waals surface area (Å²) < 4.78 is 17.2. The van der Waals surface area contributed by atoms with Gasteiger partial charge >= 0.3 is 0 Å². The van der Waals surface area contributed by atoms with Crippen molar-refractivity contribution in [3.05, 3.63) is 83.9 Å². The van der Waals surface area contributed by atoms with Gasteiger partial charge in [0.15, 0.2) is 0 Å². The summed E-state index contributed by atoms with van der Waals surface area (Å²) in [6.07, 6.45) is 4.98. The van der Waals surface area contributed by atoms with E-state index in [9.17, 15) is 14.0 Å². The van der Waals surface area contributed by atoms with Crippen molar-refractivity contribution in [2.45, 2.75) is 18.9 Å². The summed E-state index contributed by atoms with van der Waals surface area (Å²) in [6.45, 7) is 1.20. The van der Waals surface area contributed by atoms with Crippen LogP contribution in [0.25, 0.3) is 10.9 Å². The number of carbonyl (C=O) groups is 2. The number of likely N-dealkylation sites (tertiary alicyclic amines) is 1. The molecule has 1 aliphatic heterocycles. The highest BCUT2D eigenvalue weighted by Gasteiger charge is 2.28. The number of aromatic nitrogens is 3. The summed E-state index contributed by atoms with van der Waals surface area (Å²) in [6, 6.07) is 15.3. The maximum absolute atomic E-state index is 13.5. The van der Waals surface area contributed by atoms with E-state index in [-0.39, 0.29) is 23.4 Å². The fourth-order valence-corrected chi connectivity index (χ4v) is 4.52. The Morgan fingerprint density at radius 2 is 1.85 bits per heavy atom. The lowest BCUT2D eigenvalue weighted by atomic mass is 10.0. The van der Waals surface area contributed by atoms with Gasteiger partial charge in [0.25, 0.3) is 11.8 Å². The van der Waals surface area contributed by atoms with E-state index in [1.54, 1.807) is 23.0 Å². The molecule has 1 saturated heterocycles. The van der Waals surface area contributed by atoms with E-state index < -0.39 is 5.82 Å². The number of rotatable bonds is 4. The number of carbonyl (C=O) groups excluding carboxylic acids is 2. The first-order valence-corrected chi connectivity index (χ1v) is 10.9. The zero-order valence-electron chi connectivity index (χ0n) is 18.2. The molecule has 0 unspecified atom stereocenters. The molecule has 0 saturated carbocycles. The van der Waals surface area contributed by atoms with Gasteiger partial charge in [-0.05, 0) is 37.1 Å². The lowest BCUT2D eigenvalue weighted by Crippen LogP contribution is -2.39. The second kappa shape index (κ2) is 8.54. The topological polar surface area (TPSA) is 72.2 Å². The number of para-hydroxylation sites is 1. The molecule has 1 fully saturated rings. The van der Waals surface area contributed by atoms with Crippen LogP contribution < -0.4 is 5.32 Å². The molecule has 4 aromatic rings. The number of hydrogen-bond acceptors (Lipinski definition) is 3. The van der Waals surface area contributed by atoms with E-state index in [1.807, 2.05) is 47.0 Å². The molecule has 5 rings (SSSR count). The molecule has 2 aromatic heterocycles. The number of piperidine rings is 1. The number of hydrogen-bond donors (Lipinski definition) is 1. The molecule has 1 aliphatic rings. The Hall–Kier alpha value is -3.94. The molecule has 168 valence electrons. The normalized spacial score (nSPS) is 14.5. The molecular formula is C25H24FN5O2. The number of anilines is 1. The highest BCUT2D eigenvalue weighted by Crippen LogP contribution is 2.28. The van der Waals surface area contributed by atoms with Gasteiger partial charge in [-0.15, -0.1) is 0 Å². The quantitative estimate of drug-likeness (QED) is 0.511. The molecule has 33 heavy (non-hydrogen) atoms. The first kappa shape index (κ1) is 20.9. The van der Waals surface area contributed by atoms with Crippen molar-refractivity contribution in [3.8, 4) is 0 Å².